The van der Waals surface area contributed by atoms with E-state index in [9.17, 15) is 9.90 Å². The molecular formula is C12H18N2O3S. The zero-order valence-electron chi connectivity index (χ0n) is 10.7. The maximum Gasteiger partial charge on any atom is 0.284 e. The number of rotatable bonds is 2. The van der Waals surface area contributed by atoms with Crippen molar-refractivity contribution in [1.29, 1.82) is 0 Å². The van der Waals surface area contributed by atoms with Crippen molar-refractivity contribution in [3.8, 4) is 0 Å². The third kappa shape index (κ3) is 2.29. The van der Waals surface area contributed by atoms with Crippen LogP contribution in [-0.2, 0) is 12.0 Å². The van der Waals surface area contributed by atoms with Crippen molar-refractivity contribution in [2.24, 2.45) is 0 Å². The number of carbonyl (C=O) groups is 1. The Bertz CT molecular complexity index is 468. The van der Waals surface area contributed by atoms with Crippen LogP contribution in [0.3, 0.4) is 0 Å². The third-order valence-electron chi connectivity index (χ3n) is 3.25. The minimum Gasteiger partial charge on any atom is -0.379 e. The predicted octanol–water partition coefficient (Wildman–Crippen LogP) is 1.30. The molecule has 0 bridgehead atoms. The predicted molar refractivity (Wildman–Crippen MR) is 68.7 cm³/mol. The quantitative estimate of drug-likeness (QED) is 0.559. The number of aliphatic hydroxyl groups is 1. The summed E-state index contributed by atoms with van der Waals surface area (Å²) in [6.45, 7) is 7.31. The molecule has 0 spiro atoms. The van der Waals surface area contributed by atoms with E-state index in [2.05, 4.69) is 13.8 Å². The minimum absolute atomic E-state index is 0.108. The third-order valence-corrected chi connectivity index (χ3v) is 4.79. The molecule has 1 amide bonds. The lowest BCUT2D eigenvalue weighted by Crippen LogP contribution is -2.45. The van der Waals surface area contributed by atoms with Gasteiger partial charge in [0.1, 0.15) is 6.23 Å². The Hall–Kier alpha value is -0.950. The largest absolute Gasteiger partial charge is 0.379 e. The molecule has 0 fully saturated rings. The van der Waals surface area contributed by atoms with E-state index >= 15 is 0 Å². The highest BCUT2D eigenvalue weighted by atomic mass is 32.1. The van der Waals surface area contributed by atoms with Gasteiger partial charge in [0, 0.05) is 23.4 Å². The lowest BCUT2D eigenvalue weighted by Gasteiger charge is -2.39. The van der Waals surface area contributed by atoms with Crippen LogP contribution in [-0.4, -0.2) is 33.9 Å². The van der Waals surface area contributed by atoms with Gasteiger partial charge in [-0.05, 0) is 18.6 Å². The van der Waals surface area contributed by atoms with Gasteiger partial charge in [-0.2, -0.15) is 0 Å². The van der Waals surface area contributed by atoms with Crippen molar-refractivity contribution in [1.82, 2.24) is 10.4 Å². The fourth-order valence-electron chi connectivity index (χ4n) is 2.40. The van der Waals surface area contributed by atoms with Gasteiger partial charge in [-0.15, -0.1) is 11.3 Å². The second-order valence-electron chi connectivity index (χ2n) is 5.33. The number of hydrogen-bond acceptors (Lipinski definition) is 5. The van der Waals surface area contributed by atoms with E-state index in [0.29, 0.717) is 11.4 Å². The molecule has 1 aliphatic rings. The Kier molecular flexibility index (Phi) is 3.46. The number of hydrogen-bond donors (Lipinski definition) is 3. The van der Waals surface area contributed by atoms with E-state index in [-0.39, 0.29) is 5.41 Å². The van der Waals surface area contributed by atoms with Crippen molar-refractivity contribution in [2.75, 3.05) is 6.54 Å². The standard InChI is InChI=1S/C12H18N2O3S/c1-7(15)14-5-8-4-9(11(16)13-17)18-10(8)12(2,3)6-14/h4,7,15,17H,5-6H2,1-3H3,(H,13,16). The first kappa shape index (κ1) is 13.5. The molecule has 1 aromatic heterocycles. The van der Waals surface area contributed by atoms with Gasteiger partial charge >= 0.3 is 0 Å². The molecule has 100 valence electrons. The van der Waals surface area contributed by atoms with Crippen molar-refractivity contribution in [2.45, 2.75) is 39.0 Å². The van der Waals surface area contributed by atoms with Crippen LogP contribution in [0.25, 0.3) is 0 Å². The van der Waals surface area contributed by atoms with Crippen LogP contribution in [0.5, 0.6) is 0 Å². The molecule has 0 saturated carbocycles. The number of hydroxylamine groups is 1. The average molecular weight is 270 g/mol. The number of fused-ring (bicyclic) bond motifs is 1. The van der Waals surface area contributed by atoms with Crippen molar-refractivity contribution < 1.29 is 15.1 Å². The van der Waals surface area contributed by atoms with Gasteiger partial charge in [-0.1, -0.05) is 13.8 Å². The first-order valence-electron chi connectivity index (χ1n) is 5.85. The van der Waals surface area contributed by atoms with Crippen LogP contribution < -0.4 is 5.48 Å². The van der Waals surface area contributed by atoms with Gasteiger partial charge < -0.3 is 5.11 Å². The Morgan fingerprint density at radius 3 is 2.83 bits per heavy atom. The van der Waals surface area contributed by atoms with Crippen molar-refractivity contribution >= 4 is 17.2 Å². The van der Waals surface area contributed by atoms with Crippen LogP contribution in [0.1, 0.15) is 40.9 Å². The van der Waals surface area contributed by atoms with Gasteiger partial charge in [0.05, 0.1) is 4.88 Å². The lowest BCUT2D eigenvalue weighted by molar-refractivity contribution is -0.00570. The summed E-state index contributed by atoms with van der Waals surface area (Å²) < 4.78 is 0. The molecule has 18 heavy (non-hydrogen) atoms. The molecular weight excluding hydrogens is 252 g/mol. The van der Waals surface area contributed by atoms with Gasteiger partial charge in [-0.25, -0.2) is 5.48 Å². The highest BCUT2D eigenvalue weighted by Gasteiger charge is 2.35. The highest BCUT2D eigenvalue weighted by molar-refractivity contribution is 7.14. The van der Waals surface area contributed by atoms with Gasteiger partial charge in [0.25, 0.3) is 5.91 Å². The number of nitrogens with one attached hydrogen (secondary N) is 1. The summed E-state index contributed by atoms with van der Waals surface area (Å²) in [6, 6.07) is 1.79. The number of aliphatic hydroxyl groups excluding tert-OH is 1. The smallest absolute Gasteiger partial charge is 0.284 e. The van der Waals surface area contributed by atoms with E-state index < -0.39 is 12.1 Å². The number of nitrogens with zero attached hydrogens (tertiary/aromatic N) is 1. The molecule has 1 aromatic rings. The topological polar surface area (TPSA) is 72.8 Å². The molecule has 2 heterocycles. The fourth-order valence-corrected chi connectivity index (χ4v) is 3.56. The normalized spacial score (nSPS) is 20.3. The summed E-state index contributed by atoms with van der Waals surface area (Å²) >= 11 is 1.41. The van der Waals surface area contributed by atoms with Crippen LogP contribution in [0.4, 0.5) is 0 Å². The highest BCUT2D eigenvalue weighted by Crippen LogP contribution is 2.39. The van der Waals surface area contributed by atoms with Gasteiger partial charge in [0.2, 0.25) is 0 Å². The van der Waals surface area contributed by atoms with E-state index in [1.54, 1.807) is 18.5 Å². The first-order valence-corrected chi connectivity index (χ1v) is 6.66. The first-order chi connectivity index (χ1) is 8.35. The number of thiophene rings is 1. The van der Waals surface area contributed by atoms with Crippen LogP contribution in [0.2, 0.25) is 0 Å². The average Bonchev–Trinajstić information content (AvgIpc) is 2.72. The van der Waals surface area contributed by atoms with Crippen LogP contribution in [0, 0.1) is 0 Å². The molecule has 6 heteroatoms. The molecule has 1 unspecified atom stereocenters. The Morgan fingerprint density at radius 1 is 1.61 bits per heavy atom. The monoisotopic (exact) mass is 270 g/mol. The van der Waals surface area contributed by atoms with Crippen molar-refractivity contribution in [3.05, 3.63) is 21.4 Å². The van der Waals surface area contributed by atoms with E-state index in [1.165, 1.54) is 11.3 Å². The summed E-state index contributed by atoms with van der Waals surface area (Å²) in [5, 5.41) is 18.4. The summed E-state index contributed by atoms with van der Waals surface area (Å²) in [7, 11) is 0. The Morgan fingerprint density at radius 2 is 2.28 bits per heavy atom. The molecule has 5 nitrogen and oxygen atoms in total. The molecule has 3 N–H and O–H groups in total. The molecule has 0 aromatic carbocycles. The zero-order chi connectivity index (χ0) is 13.5. The minimum atomic E-state index is -0.507. The molecule has 0 saturated heterocycles. The van der Waals surface area contributed by atoms with Gasteiger partial charge in [0.15, 0.2) is 0 Å². The van der Waals surface area contributed by atoms with E-state index in [1.807, 2.05) is 4.90 Å². The Balaban J connectivity index is 2.39. The van der Waals surface area contributed by atoms with E-state index in [0.717, 1.165) is 17.0 Å². The van der Waals surface area contributed by atoms with E-state index in [4.69, 9.17) is 5.21 Å². The molecule has 0 aliphatic carbocycles. The second kappa shape index (κ2) is 4.62. The SMILES string of the molecule is CC(O)N1Cc2cc(C(=O)NO)sc2C(C)(C)C1. The summed E-state index contributed by atoms with van der Waals surface area (Å²) in [5.74, 6) is -0.478. The number of carbonyl (C=O) groups excluding carboxylic acids is 1. The summed E-state index contributed by atoms with van der Waals surface area (Å²) in [5.41, 5.74) is 2.60. The second-order valence-corrected chi connectivity index (χ2v) is 6.38. The fraction of sp³-hybridized carbons (Fsp3) is 0.583. The van der Waals surface area contributed by atoms with Crippen LogP contribution in [0.15, 0.2) is 6.07 Å². The van der Waals surface area contributed by atoms with Crippen molar-refractivity contribution in [3.63, 3.8) is 0 Å². The molecule has 2 rings (SSSR count). The Labute approximate surface area is 110 Å². The van der Waals surface area contributed by atoms with Crippen LogP contribution >= 0.6 is 11.3 Å². The maximum atomic E-state index is 11.4. The maximum absolute atomic E-state index is 11.4. The summed E-state index contributed by atoms with van der Waals surface area (Å²) in [6.07, 6.45) is -0.507. The molecule has 0 radical (unpaired) electrons. The number of amides is 1. The molecule has 1 atom stereocenters. The van der Waals surface area contributed by atoms with Gasteiger partial charge in [-0.3, -0.25) is 14.9 Å². The summed E-state index contributed by atoms with van der Waals surface area (Å²) in [4.78, 5) is 15.1. The molecule has 1 aliphatic heterocycles. The zero-order valence-corrected chi connectivity index (χ0v) is 11.5. The lowest BCUT2D eigenvalue weighted by atomic mass is 9.85.